The maximum atomic E-state index is 5.64. The molecule has 0 saturated carbocycles. The van der Waals surface area contributed by atoms with E-state index in [2.05, 4.69) is 12.0 Å². The van der Waals surface area contributed by atoms with Crippen molar-refractivity contribution in [2.75, 3.05) is 7.11 Å². The van der Waals surface area contributed by atoms with E-state index >= 15 is 0 Å². The Kier molecular flexibility index (Phi) is 3.31. The van der Waals surface area contributed by atoms with E-state index in [0.717, 1.165) is 30.1 Å². The summed E-state index contributed by atoms with van der Waals surface area (Å²) in [5.41, 5.74) is 7.71. The van der Waals surface area contributed by atoms with Crippen LogP contribution in [-0.4, -0.2) is 16.9 Å². The van der Waals surface area contributed by atoms with E-state index in [1.165, 1.54) is 0 Å². The van der Waals surface area contributed by atoms with Crippen LogP contribution in [0, 0.1) is 0 Å². The van der Waals surface area contributed by atoms with Crippen LogP contribution in [0.1, 0.15) is 25.1 Å². The Balaban J connectivity index is 3.17. The Morgan fingerprint density at radius 2 is 2.15 bits per heavy atom. The predicted octanol–water partition coefficient (Wildman–Crippen LogP) is 0.933. The van der Waals surface area contributed by atoms with Crippen LogP contribution < -0.4 is 10.5 Å². The number of aryl methyl sites for hydroxylation is 2. The van der Waals surface area contributed by atoms with E-state index < -0.39 is 0 Å². The van der Waals surface area contributed by atoms with E-state index in [-0.39, 0.29) is 0 Å². The zero-order valence-corrected chi connectivity index (χ0v) is 8.50. The van der Waals surface area contributed by atoms with Crippen molar-refractivity contribution in [3.05, 3.63) is 11.3 Å². The molecular formula is C9H17N3O. The summed E-state index contributed by atoms with van der Waals surface area (Å²) in [5, 5.41) is 4.40. The van der Waals surface area contributed by atoms with Gasteiger partial charge in [-0.2, -0.15) is 5.10 Å². The molecule has 1 aromatic heterocycles. The number of aromatic nitrogens is 2. The Morgan fingerprint density at radius 1 is 1.46 bits per heavy atom. The van der Waals surface area contributed by atoms with Gasteiger partial charge >= 0.3 is 0 Å². The average molecular weight is 183 g/mol. The van der Waals surface area contributed by atoms with Crippen LogP contribution in [0.2, 0.25) is 0 Å². The number of rotatable bonds is 4. The normalized spacial score (nSPS) is 10.5. The molecule has 0 amide bonds. The van der Waals surface area contributed by atoms with Crippen LogP contribution >= 0.6 is 0 Å². The molecule has 0 aromatic carbocycles. The molecule has 0 aliphatic heterocycles. The van der Waals surface area contributed by atoms with Crippen molar-refractivity contribution in [1.82, 2.24) is 9.78 Å². The zero-order chi connectivity index (χ0) is 9.84. The quantitative estimate of drug-likeness (QED) is 0.755. The summed E-state index contributed by atoms with van der Waals surface area (Å²) in [6.07, 6.45) is 0.899. The molecule has 0 saturated heterocycles. The Hall–Kier alpha value is -1.03. The summed E-state index contributed by atoms with van der Waals surface area (Å²) in [6, 6.07) is 0. The number of methoxy groups -OCH3 is 1. The van der Waals surface area contributed by atoms with Crippen molar-refractivity contribution >= 4 is 0 Å². The van der Waals surface area contributed by atoms with E-state index in [9.17, 15) is 0 Å². The van der Waals surface area contributed by atoms with Gasteiger partial charge in [0, 0.05) is 13.1 Å². The number of hydrogen-bond donors (Lipinski definition) is 1. The summed E-state index contributed by atoms with van der Waals surface area (Å²) in [6.45, 7) is 5.42. The fourth-order valence-corrected chi connectivity index (χ4v) is 1.46. The second-order valence-electron chi connectivity index (χ2n) is 2.81. The zero-order valence-electron chi connectivity index (χ0n) is 8.50. The highest BCUT2D eigenvalue weighted by Crippen LogP contribution is 2.21. The lowest BCUT2D eigenvalue weighted by molar-refractivity contribution is 0.360. The fourth-order valence-electron chi connectivity index (χ4n) is 1.46. The maximum Gasteiger partial charge on any atom is 0.216 e. The third kappa shape index (κ3) is 1.67. The third-order valence-electron chi connectivity index (χ3n) is 2.11. The first-order valence-electron chi connectivity index (χ1n) is 4.61. The van der Waals surface area contributed by atoms with Gasteiger partial charge in [-0.3, -0.25) is 0 Å². The van der Waals surface area contributed by atoms with Crippen molar-refractivity contribution in [2.45, 2.75) is 33.4 Å². The van der Waals surface area contributed by atoms with E-state index in [0.29, 0.717) is 6.54 Å². The van der Waals surface area contributed by atoms with E-state index in [1.54, 1.807) is 7.11 Å². The van der Waals surface area contributed by atoms with Gasteiger partial charge in [-0.1, -0.05) is 6.92 Å². The first-order chi connectivity index (χ1) is 6.28. The lowest BCUT2D eigenvalue weighted by atomic mass is 10.2. The molecule has 0 radical (unpaired) electrons. The smallest absolute Gasteiger partial charge is 0.216 e. The molecule has 13 heavy (non-hydrogen) atoms. The largest absolute Gasteiger partial charge is 0.481 e. The highest BCUT2D eigenvalue weighted by molar-refractivity contribution is 5.31. The SMILES string of the molecule is CCc1nn(CC)c(OC)c1CN. The van der Waals surface area contributed by atoms with Gasteiger partial charge in [-0.15, -0.1) is 0 Å². The van der Waals surface area contributed by atoms with Gasteiger partial charge in [-0.05, 0) is 13.3 Å². The van der Waals surface area contributed by atoms with Gasteiger partial charge < -0.3 is 10.5 Å². The van der Waals surface area contributed by atoms with Crippen LogP contribution in [0.4, 0.5) is 0 Å². The topological polar surface area (TPSA) is 53.1 Å². The van der Waals surface area contributed by atoms with Crippen molar-refractivity contribution in [2.24, 2.45) is 5.73 Å². The molecule has 0 fully saturated rings. The molecule has 1 aromatic rings. The first-order valence-corrected chi connectivity index (χ1v) is 4.61. The van der Waals surface area contributed by atoms with Gasteiger partial charge in [0.25, 0.3) is 0 Å². The van der Waals surface area contributed by atoms with Gasteiger partial charge in [0.1, 0.15) is 0 Å². The van der Waals surface area contributed by atoms with Gasteiger partial charge in [-0.25, -0.2) is 4.68 Å². The number of hydrogen-bond acceptors (Lipinski definition) is 3. The molecule has 1 heterocycles. The van der Waals surface area contributed by atoms with Crippen LogP contribution in [0.15, 0.2) is 0 Å². The molecule has 0 aliphatic rings. The lowest BCUT2D eigenvalue weighted by Crippen LogP contribution is -2.03. The molecule has 4 nitrogen and oxygen atoms in total. The second-order valence-corrected chi connectivity index (χ2v) is 2.81. The van der Waals surface area contributed by atoms with Crippen molar-refractivity contribution in [3.8, 4) is 5.88 Å². The second kappa shape index (κ2) is 4.28. The molecule has 74 valence electrons. The predicted molar refractivity (Wildman–Crippen MR) is 51.7 cm³/mol. The molecule has 2 N–H and O–H groups in total. The van der Waals surface area contributed by atoms with Gasteiger partial charge in [0.05, 0.1) is 18.4 Å². The molecule has 4 heteroatoms. The Bertz CT molecular complexity index is 254. The summed E-state index contributed by atoms with van der Waals surface area (Å²) in [7, 11) is 1.65. The number of nitrogens with zero attached hydrogens (tertiary/aromatic N) is 2. The monoisotopic (exact) mass is 183 g/mol. The highest BCUT2D eigenvalue weighted by atomic mass is 16.5. The van der Waals surface area contributed by atoms with Crippen LogP contribution in [0.5, 0.6) is 5.88 Å². The minimum atomic E-state index is 0.492. The molecular weight excluding hydrogens is 166 g/mol. The van der Waals surface area contributed by atoms with Crippen molar-refractivity contribution < 1.29 is 4.74 Å². The maximum absolute atomic E-state index is 5.64. The van der Waals surface area contributed by atoms with Crippen molar-refractivity contribution in [3.63, 3.8) is 0 Å². The van der Waals surface area contributed by atoms with Crippen LogP contribution in [-0.2, 0) is 19.5 Å². The highest BCUT2D eigenvalue weighted by Gasteiger charge is 2.14. The van der Waals surface area contributed by atoms with Gasteiger partial charge in [0.15, 0.2) is 0 Å². The molecule has 0 atom stereocenters. The van der Waals surface area contributed by atoms with Crippen LogP contribution in [0.3, 0.4) is 0 Å². The first kappa shape index (κ1) is 10.1. The minimum Gasteiger partial charge on any atom is -0.481 e. The summed E-state index contributed by atoms with van der Waals surface area (Å²) in [5.74, 6) is 0.807. The summed E-state index contributed by atoms with van der Waals surface area (Å²) in [4.78, 5) is 0. The Morgan fingerprint density at radius 3 is 2.54 bits per heavy atom. The Labute approximate surface area is 78.7 Å². The van der Waals surface area contributed by atoms with Crippen molar-refractivity contribution in [1.29, 1.82) is 0 Å². The van der Waals surface area contributed by atoms with E-state index in [4.69, 9.17) is 10.5 Å². The number of ether oxygens (including phenoxy) is 1. The average Bonchev–Trinajstić information content (AvgIpc) is 2.54. The molecule has 0 spiro atoms. The molecule has 0 aliphatic carbocycles. The number of nitrogens with two attached hydrogens (primary N) is 1. The lowest BCUT2D eigenvalue weighted by Gasteiger charge is -2.03. The molecule has 0 unspecified atom stereocenters. The molecule has 1 rings (SSSR count). The third-order valence-corrected chi connectivity index (χ3v) is 2.11. The minimum absolute atomic E-state index is 0.492. The summed E-state index contributed by atoms with van der Waals surface area (Å²) >= 11 is 0. The summed E-state index contributed by atoms with van der Waals surface area (Å²) < 4.78 is 7.11. The van der Waals surface area contributed by atoms with Gasteiger partial charge in [0.2, 0.25) is 5.88 Å². The van der Waals surface area contributed by atoms with Crippen LogP contribution in [0.25, 0.3) is 0 Å². The standard InChI is InChI=1S/C9H17N3O/c1-4-8-7(6-10)9(13-3)12(5-2)11-8/h4-6,10H2,1-3H3. The fraction of sp³-hybridized carbons (Fsp3) is 0.667. The van der Waals surface area contributed by atoms with E-state index in [1.807, 2.05) is 11.6 Å². The molecule has 0 bridgehead atoms.